The summed E-state index contributed by atoms with van der Waals surface area (Å²) in [6, 6.07) is 14.2. The monoisotopic (exact) mass is 287 g/mol. The van der Waals surface area contributed by atoms with Gasteiger partial charge in [-0.25, -0.2) is 4.39 Å². The Balaban J connectivity index is 1.87. The van der Waals surface area contributed by atoms with E-state index in [1.54, 1.807) is 6.07 Å². The molecular weight excluding hydrogens is 269 g/mol. The van der Waals surface area contributed by atoms with Gasteiger partial charge >= 0.3 is 0 Å². The van der Waals surface area contributed by atoms with Crippen molar-refractivity contribution in [1.29, 1.82) is 0 Å². The Morgan fingerprint density at radius 3 is 2.75 bits per heavy atom. The Labute approximate surface area is 123 Å². The summed E-state index contributed by atoms with van der Waals surface area (Å²) in [4.78, 5) is 1.37. The zero-order valence-corrected chi connectivity index (χ0v) is 12.5. The maximum Gasteiger partial charge on any atom is 0.126 e. The van der Waals surface area contributed by atoms with E-state index in [9.17, 15) is 4.39 Å². The van der Waals surface area contributed by atoms with Crippen molar-refractivity contribution in [3.8, 4) is 0 Å². The zero-order valence-electron chi connectivity index (χ0n) is 11.7. The minimum Gasteiger partial charge on any atom is -0.312 e. The summed E-state index contributed by atoms with van der Waals surface area (Å²) >= 11 is 1.92. The molecule has 0 aromatic heterocycles. The van der Waals surface area contributed by atoms with E-state index >= 15 is 0 Å². The van der Waals surface area contributed by atoms with Crippen molar-refractivity contribution in [3.05, 3.63) is 65.0 Å². The first kappa shape index (κ1) is 13.7. The molecular formula is C17H18FNS. The van der Waals surface area contributed by atoms with E-state index < -0.39 is 0 Å². The summed E-state index contributed by atoms with van der Waals surface area (Å²) in [5, 5.41) is 3.86. The Hall–Kier alpha value is -1.32. The van der Waals surface area contributed by atoms with Gasteiger partial charge in [0.1, 0.15) is 5.82 Å². The number of fused-ring (bicyclic) bond motifs is 1. The second kappa shape index (κ2) is 5.58. The van der Waals surface area contributed by atoms with Crippen LogP contribution in [0.25, 0.3) is 0 Å². The molecule has 0 saturated carbocycles. The van der Waals surface area contributed by atoms with Gasteiger partial charge in [0.05, 0.1) is 0 Å². The summed E-state index contributed by atoms with van der Waals surface area (Å²) in [7, 11) is 1.98. The van der Waals surface area contributed by atoms with Crippen molar-refractivity contribution in [3.63, 3.8) is 0 Å². The second-order valence-electron chi connectivity index (χ2n) is 5.24. The highest BCUT2D eigenvalue weighted by Crippen LogP contribution is 2.42. The van der Waals surface area contributed by atoms with Crippen molar-refractivity contribution >= 4 is 11.8 Å². The van der Waals surface area contributed by atoms with E-state index in [1.165, 1.54) is 10.5 Å². The maximum absolute atomic E-state index is 13.4. The van der Waals surface area contributed by atoms with Gasteiger partial charge in [0.15, 0.2) is 0 Å². The molecule has 3 rings (SSSR count). The fourth-order valence-corrected chi connectivity index (χ4v) is 4.30. The van der Waals surface area contributed by atoms with Crippen LogP contribution in [0.3, 0.4) is 0 Å². The van der Waals surface area contributed by atoms with E-state index in [1.807, 2.05) is 37.9 Å². The molecule has 0 bridgehead atoms. The highest BCUT2D eigenvalue weighted by molar-refractivity contribution is 8.00. The van der Waals surface area contributed by atoms with Gasteiger partial charge in [-0.15, -0.1) is 11.8 Å². The average molecular weight is 287 g/mol. The smallest absolute Gasteiger partial charge is 0.126 e. The van der Waals surface area contributed by atoms with Crippen LogP contribution in [0.5, 0.6) is 0 Å². The fraction of sp³-hybridized carbons (Fsp3) is 0.294. The van der Waals surface area contributed by atoms with Crippen LogP contribution < -0.4 is 5.32 Å². The summed E-state index contributed by atoms with van der Waals surface area (Å²) in [6.07, 6.45) is 1.06. The minimum atomic E-state index is -0.133. The van der Waals surface area contributed by atoms with Gasteiger partial charge in [0, 0.05) is 16.2 Å². The average Bonchev–Trinajstić information content (AvgIpc) is 2.87. The lowest BCUT2D eigenvalue weighted by Crippen LogP contribution is -2.27. The number of thioether (sulfide) groups is 1. The van der Waals surface area contributed by atoms with Gasteiger partial charge in [-0.3, -0.25) is 0 Å². The Kier molecular flexibility index (Phi) is 3.81. The molecule has 0 aliphatic carbocycles. The predicted octanol–water partition coefficient (Wildman–Crippen LogP) is 4.11. The first-order valence-corrected chi connectivity index (χ1v) is 7.75. The summed E-state index contributed by atoms with van der Waals surface area (Å²) < 4.78 is 13.4. The Morgan fingerprint density at radius 2 is 2.05 bits per heavy atom. The van der Waals surface area contributed by atoms with Gasteiger partial charge in [-0.05, 0) is 49.2 Å². The Morgan fingerprint density at radius 1 is 1.25 bits per heavy atom. The number of benzene rings is 2. The van der Waals surface area contributed by atoms with Crippen LogP contribution in [-0.4, -0.2) is 12.3 Å². The molecule has 0 fully saturated rings. The highest BCUT2D eigenvalue weighted by atomic mass is 32.2. The normalized spacial score (nSPS) is 18.9. The number of rotatable bonds is 3. The molecule has 1 heterocycles. The molecule has 0 spiro atoms. The summed E-state index contributed by atoms with van der Waals surface area (Å²) in [5.41, 5.74) is 3.29. The van der Waals surface area contributed by atoms with Crippen molar-refractivity contribution in [2.75, 3.05) is 7.05 Å². The Bertz CT molecular complexity index is 601. The third-order valence-corrected chi connectivity index (χ3v) is 5.29. The van der Waals surface area contributed by atoms with E-state index in [-0.39, 0.29) is 11.9 Å². The van der Waals surface area contributed by atoms with Crippen LogP contribution in [0.15, 0.2) is 47.4 Å². The molecule has 3 heteroatoms. The van der Waals surface area contributed by atoms with Crippen LogP contribution in [0.4, 0.5) is 4.39 Å². The van der Waals surface area contributed by atoms with Crippen LogP contribution >= 0.6 is 11.8 Å². The van der Waals surface area contributed by atoms with Crippen molar-refractivity contribution in [1.82, 2.24) is 5.32 Å². The van der Waals surface area contributed by atoms with E-state index in [0.29, 0.717) is 10.8 Å². The molecule has 0 saturated heterocycles. The van der Waals surface area contributed by atoms with E-state index in [2.05, 4.69) is 29.6 Å². The van der Waals surface area contributed by atoms with E-state index in [4.69, 9.17) is 0 Å². The molecule has 1 aliphatic rings. The topological polar surface area (TPSA) is 12.0 Å². The molecule has 0 radical (unpaired) electrons. The molecule has 104 valence electrons. The van der Waals surface area contributed by atoms with Crippen LogP contribution in [0.1, 0.15) is 22.7 Å². The molecule has 1 N–H and O–H groups in total. The van der Waals surface area contributed by atoms with Crippen molar-refractivity contribution in [2.24, 2.45) is 0 Å². The van der Waals surface area contributed by atoms with E-state index in [0.717, 1.165) is 12.0 Å². The number of hydrogen-bond acceptors (Lipinski definition) is 2. The number of nitrogens with one attached hydrogen (secondary N) is 1. The molecule has 20 heavy (non-hydrogen) atoms. The largest absolute Gasteiger partial charge is 0.312 e. The first-order chi connectivity index (χ1) is 9.69. The highest BCUT2D eigenvalue weighted by Gasteiger charge is 2.29. The van der Waals surface area contributed by atoms with Gasteiger partial charge in [0.2, 0.25) is 0 Å². The third-order valence-electron chi connectivity index (χ3n) is 3.90. The summed E-state index contributed by atoms with van der Waals surface area (Å²) in [5.74, 6) is -0.133. The van der Waals surface area contributed by atoms with Crippen molar-refractivity contribution < 1.29 is 4.39 Å². The molecule has 2 aromatic rings. The number of halogens is 1. The predicted molar refractivity (Wildman–Crippen MR) is 82.7 cm³/mol. The fourth-order valence-electron chi connectivity index (χ4n) is 2.82. The number of aryl methyl sites for hydroxylation is 1. The van der Waals surface area contributed by atoms with Gasteiger partial charge < -0.3 is 5.32 Å². The zero-order chi connectivity index (χ0) is 14.1. The van der Waals surface area contributed by atoms with Gasteiger partial charge in [-0.2, -0.15) is 0 Å². The SMILES string of the molecule is CNC(c1ccc(F)c(C)c1)C1Cc2ccccc2S1. The lowest BCUT2D eigenvalue weighted by atomic mass is 9.97. The van der Waals surface area contributed by atoms with Crippen molar-refractivity contribution in [2.45, 2.75) is 29.5 Å². The second-order valence-corrected chi connectivity index (χ2v) is 6.52. The maximum atomic E-state index is 13.4. The molecule has 2 atom stereocenters. The molecule has 0 amide bonds. The van der Waals surface area contributed by atoms with Crippen LogP contribution in [0.2, 0.25) is 0 Å². The lowest BCUT2D eigenvalue weighted by Gasteiger charge is -2.23. The molecule has 1 aliphatic heterocycles. The standard InChI is InChI=1S/C17H18FNS/c1-11-9-13(7-8-14(11)18)17(19-2)16-10-12-5-3-4-6-15(12)20-16/h3-9,16-17,19H,10H2,1-2H3. The molecule has 2 aromatic carbocycles. The quantitative estimate of drug-likeness (QED) is 0.911. The third kappa shape index (κ3) is 2.48. The minimum absolute atomic E-state index is 0.133. The van der Waals surface area contributed by atoms with Crippen LogP contribution in [0, 0.1) is 12.7 Å². The van der Waals surface area contributed by atoms with Crippen LogP contribution in [-0.2, 0) is 6.42 Å². The molecule has 2 unspecified atom stereocenters. The lowest BCUT2D eigenvalue weighted by molar-refractivity contribution is 0.563. The van der Waals surface area contributed by atoms with Gasteiger partial charge in [-0.1, -0.05) is 30.3 Å². The first-order valence-electron chi connectivity index (χ1n) is 6.87. The molecule has 1 nitrogen and oxygen atoms in total. The summed E-state index contributed by atoms with van der Waals surface area (Å²) in [6.45, 7) is 1.82. The van der Waals surface area contributed by atoms with Gasteiger partial charge in [0.25, 0.3) is 0 Å². The number of hydrogen-bond donors (Lipinski definition) is 1.